The maximum absolute atomic E-state index is 12.2. The number of hydrogen-bond acceptors (Lipinski definition) is 13. The summed E-state index contributed by atoms with van der Waals surface area (Å²) in [5.74, 6) is -1.32. The Bertz CT molecular complexity index is 1500. The smallest absolute Gasteiger partial charge is 0.303 e. The summed E-state index contributed by atoms with van der Waals surface area (Å²) < 4.78 is 47.6. The number of aliphatic hydroxyl groups is 3. The molecule has 3 aromatic rings. The normalized spacial score (nSPS) is 29.9. The highest BCUT2D eigenvalue weighted by molar-refractivity contribution is 14.1. The van der Waals surface area contributed by atoms with Crippen molar-refractivity contribution in [1.29, 1.82) is 0 Å². The van der Waals surface area contributed by atoms with Gasteiger partial charge in [-0.05, 0) is 39.3 Å². The van der Waals surface area contributed by atoms with Crippen LogP contribution in [0.15, 0.2) is 91.0 Å². The van der Waals surface area contributed by atoms with Gasteiger partial charge in [0, 0.05) is 13.8 Å². The second-order valence-electron chi connectivity index (χ2n) is 12.2. The lowest BCUT2D eigenvalue weighted by Gasteiger charge is -2.48. The van der Waals surface area contributed by atoms with Gasteiger partial charge in [-0.25, -0.2) is 0 Å². The Morgan fingerprint density at radius 3 is 1.65 bits per heavy atom. The molecule has 14 heteroatoms. The first-order valence-corrected chi connectivity index (χ1v) is 17.8. The second-order valence-corrected chi connectivity index (χ2v) is 13.4. The molecule has 0 radical (unpaired) electrons. The minimum absolute atomic E-state index is 0.0861. The Balaban J connectivity index is 1.53. The molecule has 0 aliphatic carbocycles. The number of halogens is 1. The first-order chi connectivity index (χ1) is 24.6. The van der Waals surface area contributed by atoms with Crippen LogP contribution in [0, 0.1) is 0 Å². The van der Waals surface area contributed by atoms with Crippen molar-refractivity contribution in [3.05, 3.63) is 108 Å². The molecule has 0 aromatic heterocycles. The number of benzene rings is 3. The van der Waals surface area contributed by atoms with E-state index in [2.05, 4.69) is 0 Å². The summed E-state index contributed by atoms with van der Waals surface area (Å²) in [6.07, 6.45) is -12.9. The lowest BCUT2D eigenvalue weighted by molar-refractivity contribution is -0.373. The summed E-state index contributed by atoms with van der Waals surface area (Å²) in [5.41, 5.74) is 2.56. The topological polar surface area (TPSA) is 169 Å². The van der Waals surface area contributed by atoms with Crippen molar-refractivity contribution < 1.29 is 62.8 Å². The van der Waals surface area contributed by atoms with Gasteiger partial charge < -0.3 is 53.2 Å². The minimum Gasteiger partial charge on any atom is -0.463 e. The average molecular weight is 823 g/mol. The number of aliphatic hydroxyl groups excluding tert-OH is 3. The van der Waals surface area contributed by atoms with Crippen molar-refractivity contribution in [2.24, 2.45) is 0 Å². The number of ether oxygens (including phenoxy) is 8. The van der Waals surface area contributed by atoms with Gasteiger partial charge in [-0.3, -0.25) is 9.59 Å². The van der Waals surface area contributed by atoms with Crippen LogP contribution in [0.3, 0.4) is 0 Å². The maximum Gasteiger partial charge on any atom is 0.303 e. The molecule has 2 aliphatic heterocycles. The number of hydrogen-bond donors (Lipinski definition) is 3. The van der Waals surface area contributed by atoms with E-state index in [1.165, 1.54) is 6.92 Å². The third-order valence-electron chi connectivity index (χ3n) is 8.34. The molecule has 1 unspecified atom stereocenters. The SMILES string of the molecule is CC(=O)OC[C@H]1O[C@H](O[C@@H]2[C@@H](OC(C)=O)[C@H](O)[C@@H](C(O)I)O[C@@H]2O)[C@H](OCc2ccccc2)[C@@H](OCc2ccccc2)[C@@H]1OCc1ccccc1. The van der Waals surface area contributed by atoms with Gasteiger partial charge in [0.05, 0.1) is 19.8 Å². The summed E-state index contributed by atoms with van der Waals surface area (Å²) in [6.45, 7) is 2.53. The molecule has 3 N–H and O–H groups in total. The zero-order valence-corrected chi connectivity index (χ0v) is 30.3. The molecule has 0 bridgehead atoms. The molecule has 2 saturated heterocycles. The van der Waals surface area contributed by atoms with Crippen LogP contribution in [0.25, 0.3) is 0 Å². The molecule has 3 aromatic carbocycles. The average Bonchev–Trinajstić information content (AvgIpc) is 3.12. The number of alkyl halides is 1. The predicted octanol–water partition coefficient (Wildman–Crippen LogP) is 3.18. The Labute approximate surface area is 309 Å². The van der Waals surface area contributed by atoms with Crippen LogP contribution in [0.2, 0.25) is 0 Å². The molecule has 13 nitrogen and oxygen atoms in total. The van der Waals surface area contributed by atoms with Gasteiger partial charge in [0.1, 0.15) is 47.3 Å². The van der Waals surface area contributed by atoms with Gasteiger partial charge in [0.2, 0.25) is 0 Å². The number of esters is 2. The largest absolute Gasteiger partial charge is 0.463 e. The van der Waals surface area contributed by atoms with Gasteiger partial charge in [0.15, 0.2) is 24.8 Å². The van der Waals surface area contributed by atoms with Gasteiger partial charge in [-0.2, -0.15) is 0 Å². The van der Waals surface area contributed by atoms with E-state index in [0.717, 1.165) is 23.6 Å². The van der Waals surface area contributed by atoms with E-state index in [-0.39, 0.29) is 26.4 Å². The van der Waals surface area contributed by atoms with E-state index in [0.29, 0.717) is 0 Å². The van der Waals surface area contributed by atoms with E-state index in [1.54, 1.807) is 22.6 Å². The fourth-order valence-corrected chi connectivity index (χ4v) is 6.50. The first kappa shape index (κ1) is 39.2. The molecule has 2 fully saturated rings. The van der Waals surface area contributed by atoms with Crippen molar-refractivity contribution in [2.75, 3.05) is 6.61 Å². The van der Waals surface area contributed by atoms with Crippen LogP contribution in [0.5, 0.6) is 0 Å². The third kappa shape index (κ3) is 11.0. The van der Waals surface area contributed by atoms with Crippen molar-refractivity contribution in [3.8, 4) is 0 Å². The van der Waals surface area contributed by atoms with Crippen LogP contribution in [0.1, 0.15) is 30.5 Å². The van der Waals surface area contributed by atoms with E-state index in [4.69, 9.17) is 37.9 Å². The maximum atomic E-state index is 12.2. The Morgan fingerprint density at radius 1 is 0.686 bits per heavy atom. The Hall–Kier alpha value is -3.03. The summed E-state index contributed by atoms with van der Waals surface area (Å²) in [5, 5.41) is 32.5. The monoisotopic (exact) mass is 822 g/mol. The van der Waals surface area contributed by atoms with E-state index < -0.39 is 77.5 Å². The van der Waals surface area contributed by atoms with Crippen LogP contribution >= 0.6 is 22.6 Å². The van der Waals surface area contributed by atoms with Crippen molar-refractivity contribution in [2.45, 2.75) is 99.2 Å². The fourth-order valence-electron chi connectivity index (χ4n) is 5.91. The molecule has 276 valence electrons. The molecule has 11 atom stereocenters. The van der Waals surface area contributed by atoms with Crippen LogP contribution < -0.4 is 0 Å². The Kier molecular flexibility index (Phi) is 14.7. The lowest BCUT2D eigenvalue weighted by Crippen LogP contribution is -2.66. The van der Waals surface area contributed by atoms with Gasteiger partial charge in [0.25, 0.3) is 0 Å². The molecule has 0 spiro atoms. The quantitative estimate of drug-likeness (QED) is 0.116. The fraction of sp³-hybridized carbons (Fsp3) is 0.459. The summed E-state index contributed by atoms with van der Waals surface area (Å²) >= 11 is 1.62. The predicted molar refractivity (Wildman–Crippen MR) is 188 cm³/mol. The molecular weight excluding hydrogens is 779 g/mol. The van der Waals surface area contributed by atoms with Crippen molar-refractivity contribution in [1.82, 2.24) is 0 Å². The highest BCUT2D eigenvalue weighted by Crippen LogP contribution is 2.35. The molecule has 0 saturated carbocycles. The van der Waals surface area contributed by atoms with Crippen LogP contribution in [-0.2, 0) is 67.3 Å². The minimum atomic E-state index is -1.78. The number of rotatable bonds is 15. The van der Waals surface area contributed by atoms with E-state index in [9.17, 15) is 24.9 Å². The molecule has 0 amide bonds. The first-order valence-electron chi connectivity index (χ1n) is 16.5. The molecule has 2 aliphatic rings. The highest BCUT2D eigenvalue weighted by Gasteiger charge is 2.55. The number of carbonyl (C=O) groups is 2. The number of carbonyl (C=O) groups excluding carboxylic acids is 2. The summed E-state index contributed by atoms with van der Waals surface area (Å²) in [6, 6.07) is 28.3. The molecular formula is C37H43IO13. The van der Waals surface area contributed by atoms with Crippen molar-refractivity contribution in [3.63, 3.8) is 0 Å². The van der Waals surface area contributed by atoms with Gasteiger partial charge >= 0.3 is 11.9 Å². The van der Waals surface area contributed by atoms with Gasteiger partial charge in [-0.15, -0.1) is 0 Å². The molecule has 51 heavy (non-hydrogen) atoms. The highest BCUT2D eigenvalue weighted by atomic mass is 127. The lowest BCUT2D eigenvalue weighted by atomic mass is 9.96. The van der Waals surface area contributed by atoms with Crippen molar-refractivity contribution >= 4 is 34.5 Å². The van der Waals surface area contributed by atoms with Crippen LogP contribution in [-0.4, -0.2) is 99.4 Å². The second kappa shape index (κ2) is 19.2. The van der Waals surface area contributed by atoms with Crippen LogP contribution in [0.4, 0.5) is 0 Å². The Morgan fingerprint density at radius 2 is 1.18 bits per heavy atom. The van der Waals surface area contributed by atoms with E-state index >= 15 is 0 Å². The van der Waals surface area contributed by atoms with Gasteiger partial charge in [-0.1, -0.05) is 91.0 Å². The zero-order valence-electron chi connectivity index (χ0n) is 28.1. The zero-order chi connectivity index (χ0) is 36.3. The molecule has 5 rings (SSSR count). The third-order valence-corrected chi connectivity index (χ3v) is 9.05. The summed E-state index contributed by atoms with van der Waals surface area (Å²) in [7, 11) is 0. The standard InChI is InChI=1S/C37H43IO13/c1-22(39)44-21-27-29(45-18-24-12-6-3-7-13-24)32(46-19-25-14-8-4-9-15-25)34(47-20-26-16-10-5-11-17-26)37(49-27)51-33-30(48-23(2)40)28(41)31(35(38)42)50-36(33)43/h3-17,27-37,41-43H,18-21H2,1-2H3/t27-,28+,29-,30+,31+,32+,33-,34-,35?,36+,37-/m1/s1. The van der Waals surface area contributed by atoms with E-state index in [1.807, 2.05) is 91.0 Å². The summed E-state index contributed by atoms with van der Waals surface area (Å²) in [4.78, 5) is 24.2. The molecule has 2 heterocycles.